The van der Waals surface area contributed by atoms with Gasteiger partial charge in [0.1, 0.15) is 0 Å². The first kappa shape index (κ1) is 15.5. The highest BCUT2D eigenvalue weighted by atomic mass is 16.3. The molecule has 0 aromatic heterocycles. The van der Waals surface area contributed by atoms with Crippen LogP contribution in [0.4, 0.5) is 0 Å². The van der Waals surface area contributed by atoms with Gasteiger partial charge in [-0.05, 0) is 24.3 Å². The average Bonchev–Trinajstić information content (AvgIpc) is 2.54. The van der Waals surface area contributed by atoms with Crippen molar-refractivity contribution in [3.63, 3.8) is 0 Å². The second-order valence-corrected chi connectivity index (χ2v) is 6.58. The monoisotopic (exact) mass is 275 g/mol. The molecule has 4 unspecified atom stereocenters. The van der Waals surface area contributed by atoms with E-state index in [0.717, 1.165) is 18.8 Å². The lowest BCUT2D eigenvalue weighted by Gasteiger charge is -2.45. The molecular formula is C18H29NO. The predicted octanol–water partition coefficient (Wildman–Crippen LogP) is 3.70. The first-order chi connectivity index (χ1) is 9.63. The van der Waals surface area contributed by atoms with Gasteiger partial charge >= 0.3 is 0 Å². The fourth-order valence-electron chi connectivity index (χ4n) is 3.91. The van der Waals surface area contributed by atoms with E-state index in [1.165, 1.54) is 24.8 Å². The van der Waals surface area contributed by atoms with Crippen LogP contribution in [0, 0.1) is 11.3 Å². The van der Waals surface area contributed by atoms with Crippen molar-refractivity contribution in [2.45, 2.75) is 58.0 Å². The Labute approximate surface area is 123 Å². The molecule has 0 aliphatic heterocycles. The lowest BCUT2D eigenvalue weighted by molar-refractivity contribution is -0.0274. The maximum absolute atomic E-state index is 11.0. The fourth-order valence-corrected chi connectivity index (χ4v) is 3.91. The van der Waals surface area contributed by atoms with Crippen molar-refractivity contribution < 1.29 is 5.11 Å². The number of benzene rings is 1. The van der Waals surface area contributed by atoms with Crippen LogP contribution in [-0.4, -0.2) is 17.8 Å². The summed E-state index contributed by atoms with van der Waals surface area (Å²) in [7, 11) is 0. The Balaban J connectivity index is 2.18. The van der Waals surface area contributed by atoms with Crippen LogP contribution in [0.3, 0.4) is 0 Å². The van der Waals surface area contributed by atoms with Gasteiger partial charge in [0.15, 0.2) is 0 Å². The summed E-state index contributed by atoms with van der Waals surface area (Å²) < 4.78 is 0. The minimum absolute atomic E-state index is 0.0891. The smallest absolute Gasteiger partial charge is 0.0674 e. The molecule has 112 valence electrons. The second-order valence-electron chi connectivity index (χ2n) is 6.58. The molecule has 4 atom stereocenters. The molecule has 0 radical (unpaired) electrons. The van der Waals surface area contributed by atoms with E-state index in [1.807, 2.05) is 18.2 Å². The zero-order chi connectivity index (χ0) is 14.6. The Hall–Kier alpha value is -0.860. The summed E-state index contributed by atoms with van der Waals surface area (Å²) in [4.78, 5) is 0. The SMILES string of the molecule is CCC1CCCC(CN)(C(O)C(C)c2ccccc2)C1. The van der Waals surface area contributed by atoms with Gasteiger partial charge in [-0.3, -0.25) is 0 Å². The lowest BCUT2D eigenvalue weighted by atomic mass is 9.63. The van der Waals surface area contributed by atoms with Gasteiger partial charge in [-0.15, -0.1) is 0 Å². The second kappa shape index (κ2) is 6.73. The highest BCUT2D eigenvalue weighted by Gasteiger charge is 2.43. The van der Waals surface area contributed by atoms with Gasteiger partial charge in [0.25, 0.3) is 0 Å². The van der Waals surface area contributed by atoms with Crippen molar-refractivity contribution in [2.75, 3.05) is 6.54 Å². The van der Waals surface area contributed by atoms with Crippen LogP contribution >= 0.6 is 0 Å². The molecule has 1 fully saturated rings. The number of hydrogen-bond acceptors (Lipinski definition) is 2. The van der Waals surface area contributed by atoms with Gasteiger partial charge in [0.2, 0.25) is 0 Å². The molecule has 1 aliphatic carbocycles. The van der Waals surface area contributed by atoms with Crippen molar-refractivity contribution in [3.8, 4) is 0 Å². The third kappa shape index (κ3) is 3.07. The first-order valence-electron chi connectivity index (χ1n) is 8.06. The van der Waals surface area contributed by atoms with E-state index in [9.17, 15) is 5.11 Å². The first-order valence-corrected chi connectivity index (χ1v) is 8.06. The average molecular weight is 275 g/mol. The van der Waals surface area contributed by atoms with Gasteiger partial charge in [0, 0.05) is 17.9 Å². The van der Waals surface area contributed by atoms with Crippen molar-refractivity contribution in [2.24, 2.45) is 17.1 Å². The van der Waals surface area contributed by atoms with Crippen LogP contribution in [0.1, 0.15) is 57.4 Å². The van der Waals surface area contributed by atoms with Gasteiger partial charge in [0.05, 0.1) is 6.10 Å². The van der Waals surface area contributed by atoms with Gasteiger partial charge < -0.3 is 10.8 Å². The summed E-state index contributed by atoms with van der Waals surface area (Å²) in [5.74, 6) is 0.875. The number of nitrogens with two attached hydrogens (primary N) is 1. The summed E-state index contributed by atoms with van der Waals surface area (Å²) in [6.07, 6.45) is 5.51. The van der Waals surface area contributed by atoms with Crippen molar-refractivity contribution in [1.29, 1.82) is 0 Å². The van der Waals surface area contributed by atoms with Gasteiger partial charge in [-0.25, -0.2) is 0 Å². The Kier molecular flexibility index (Phi) is 5.22. The van der Waals surface area contributed by atoms with E-state index in [-0.39, 0.29) is 17.4 Å². The van der Waals surface area contributed by atoms with Crippen LogP contribution in [0.15, 0.2) is 30.3 Å². The zero-order valence-electron chi connectivity index (χ0n) is 12.9. The summed E-state index contributed by atoms with van der Waals surface area (Å²) in [5.41, 5.74) is 7.24. The summed E-state index contributed by atoms with van der Waals surface area (Å²) in [6, 6.07) is 10.3. The molecule has 1 aliphatic rings. The summed E-state index contributed by atoms with van der Waals surface area (Å²) in [6.45, 7) is 4.99. The van der Waals surface area contributed by atoms with Crippen LogP contribution < -0.4 is 5.73 Å². The standard InChI is InChI=1S/C18H29NO/c1-3-15-8-7-11-18(12-15,13-19)17(20)14(2)16-9-5-4-6-10-16/h4-6,9-10,14-15,17,20H,3,7-8,11-13,19H2,1-2H3. The van der Waals surface area contributed by atoms with E-state index < -0.39 is 0 Å². The summed E-state index contributed by atoms with van der Waals surface area (Å²) >= 11 is 0. The minimum atomic E-state index is -0.343. The molecule has 0 saturated heterocycles. The van der Waals surface area contributed by atoms with E-state index >= 15 is 0 Å². The molecule has 0 heterocycles. The Morgan fingerprint density at radius 3 is 2.65 bits per heavy atom. The summed E-state index contributed by atoms with van der Waals surface area (Å²) in [5, 5.41) is 11.0. The van der Waals surface area contributed by atoms with E-state index in [0.29, 0.717) is 6.54 Å². The van der Waals surface area contributed by atoms with Crippen LogP contribution in [-0.2, 0) is 0 Å². The number of hydrogen-bond donors (Lipinski definition) is 2. The van der Waals surface area contributed by atoms with Crippen LogP contribution in [0.2, 0.25) is 0 Å². The number of rotatable bonds is 5. The van der Waals surface area contributed by atoms with E-state index in [4.69, 9.17) is 5.73 Å². The van der Waals surface area contributed by atoms with Gasteiger partial charge in [-0.1, -0.05) is 63.4 Å². The van der Waals surface area contributed by atoms with Crippen molar-refractivity contribution in [3.05, 3.63) is 35.9 Å². The molecule has 1 aromatic rings. The van der Waals surface area contributed by atoms with Crippen molar-refractivity contribution in [1.82, 2.24) is 0 Å². The predicted molar refractivity (Wildman–Crippen MR) is 84.6 cm³/mol. The Bertz CT molecular complexity index is 405. The largest absolute Gasteiger partial charge is 0.392 e. The third-order valence-electron chi connectivity index (χ3n) is 5.39. The molecule has 2 nitrogen and oxygen atoms in total. The molecule has 0 spiro atoms. The van der Waals surface area contributed by atoms with Gasteiger partial charge in [-0.2, -0.15) is 0 Å². The normalized spacial score (nSPS) is 29.9. The maximum Gasteiger partial charge on any atom is 0.0674 e. The Morgan fingerprint density at radius 1 is 1.35 bits per heavy atom. The number of aliphatic hydroxyl groups excluding tert-OH is 1. The molecule has 3 N–H and O–H groups in total. The lowest BCUT2D eigenvalue weighted by Crippen LogP contribution is -2.47. The highest BCUT2D eigenvalue weighted by Crippen LogP contribution is 2.46. The molecule has 20 heavy (non-hydrogen) atoms. The van der Waals surface area contributed by atoms with E-state index in [1.54, 1.807) is 0 Å². The highest BCUT2D eigenvalue weighted by molar-refractivity contribution is 5.21. The van der Waals surface area contributed by atoms with Crippen molar-refractivity contribution >= 4 is 0 Å². The molecule has 0 amide bonds. The van der Waals surface area contributed by atoms with Crippen LogP contribution in [0.25, 0.3) is 0 Å². The molecule has 1 saturated carbocycles. The zero-order valence-corrected chi connectivity index (χ0v) is 12.9. The molecule has 2 rings (SSSR count). The topological polar surface area (TPSA) is 46.2 Å². The molecule has 2 heteroatoms. The maximum atomic E-state index is 11.0. The molecular weight excluding hydrogens is 246 g/mol. The minimum Gasteiger partial charge on any atom is -0.392 e. The Morgan fingerprint density at radius 2 is 2.05 bits per heavy atom. The van der Waals surface area contributed by atoms with E-state index in [2.05, 4.69) is 26.0 Å². The quantitative estimate of drug-likeness (QED) is 0.860. The molecule has 0 bridgehead atoms. The molecule has 1 aromatic carbocycles. The fraction of sp³-hybridized carbons (Fsp3) is 0.667. The number of aliphatic hydroxyl groups is 1. The third-order valence-corrected chi connectivity index (χ3v) is 5.39. The van der Waals surface area contributed by atoms with Crippen LogP contribution in [0.5, 0.6) is 0 Å².